The summed E-state index contributed by atoms with van der Waals surface area (Å²) in [5.74, 6) is 0. The Kier molecular flexibility index (Phi) is 7.05. The zero-order valence-electron chi connectivity index (χ0n) is 32.3. The van der Waals surface area contributed by atoms with Crippen molar-refractivity contribution >= 4 is 21.5 Å². The van der Waals surface area contributed by atoms with E-state index in [2.05, 4.69) is 210 Å². The van der Waals surface area contributed by atoms with Crippen LogP contribution in [0.5, 0.6) is 0 Å². The standard InChI is InChI=1S/C56H42/c1-55(2)50-24-13-11-20-42(50)47-33-40(27-30-51(47)55)54-45-22-9-8-21-44(45)53(46-29-26-37(32-48(46)54)35-15-6-5-7-16-35)39-18-14-17-36(31-39)38-25-28-43-41-19-10-12-23-49(41)56(3,4)52(43)34-38/h5-34H,1-4H3. The summed E-state index contributed by atoms with van der Waals surface area (Å²) in [5, 5.41) is 5.08. The summed E-state index contributed by atoms with van der Waals surface area (Å²) < 4.78 is 0. The predicted octanol–water partition coefficient (Wildman–Crippen LogP) is 15.3. The van der Waals surface area contributed by atoms with Crippen LogP contribution in [0.15, 0.2) is 182 Å². The number of rotatable bonds is 4. The van der Waals surface area contributed by atoms with Crippen LogP contribution in [-0.4, -0.2) is 0 Å². The molecule has 0 amide bonds. The molecular formula is C56H42. The molecule has 0 saturated carbocycles. The van der Waals surface area contributed by atoms with Crippen molar-refractivity contribution in [1.29, 1.82) is 0 Å². The molecule has 9 aromatic rings. The summed E-state index contributed by atoms with van der Waals surface area (Å²) in [6.45, 7) is 9.45. The molecule has 0 heterocycles. The molecule has 11 rings (SSSR count). The smallest absolute Gasteiger partial charge is 0.0159 e. The minimum Gasteiger partial charge on any atom is -0.0622 e. The summed E-state index contributed by atoms with van der Waals surface area (Å²) in [6, 6.07) is 68.4. The summed E-state index contributed by atoms with van der Waals surface area (Å²) in [5.41, 5.74) is 20.9. The first kappa shape index (κ1) is 32.9. The summed E-state index contributed by atoms with van der Waals surface area (Å²) in [4.78, 5) is 0. The van der Waals surface area contributed by atoms with Crippen LogP contribution >= 0.6 is 0 Å². The Morgan fingerprint density at radius 3 is 1.46 bits per heavy atom. The average molecular weight is 715 g/mol. The topological polar surface area (TPSA) is 0 Å². The van der Waals surface area contributed by atoms with Gasteiger partial charge in [0, 0.05) is 10.8 Å². The van der Waals surface area contributed by atoms with E-state index in [-0.39, 0.29) is 10.8 Å². The van der Waals surface area contributed by atoms with Gasteiger partial charge in [-0.2, -0.15) is 0 Å². The van der Waals surface area contributed by atoms with Gasteiger partial charge < -0.3 is 0 Å². The van der Waals surface area contributed by atoms with Crippen LogP contribution in [0.1, 0.15) is 49.9 Å². The molecule has 56 heavy (non-hydrogen) atoms. The van der Waals surface area contributed by atoms with Gasteiger partial charge in [0.25, 0.3) is 0 Å². The van der Waals surface area contributed by atoms with Crippen molar-refractivity contribution in [3.05, 3.63) is 204 Å². The maximum atomic E-state index is 2.47. The fourth-order valence-corrected chi connectivity index (χ4v) is 10.2. The Balaban J connectivity index is 1.14. The molecule has 0 atom stereocenters. The van der Waals surface area contributed by atoms with E-state index in [0.29, 0.717) is 0 Å². The van der Waals surface area contributed by atoms with Gasteiger partial charge in [0.05, 0.1) is 0 Å². The summed E-state index contributed by atoms with van der Waals surface area (Å²) in [7, 11) is 0. The molecule has 0 nitrogen and oxygen atoms in total. The van der Waals surface area contributed by atoms with Crippen molar-refractivity contribution in [3.8, 4) is 66.8 Å². The van der Waals surface area contributed by atoms with Crippen molar-refractivity contribution in [2.45, 2.75) is 38.5 Å². The van der Waals surface area contributed by atoms with Gasteiger partial charge in [0.15, 0.2) is 0 Å². The van der Waals surface area contributed by atoms with Crippen LogP contribution in [0, 0.1) is 0 Å². The maximum Gasteiger partial charge on any atom is 0.0159 e. The van der Waals surface area contributed by atoms with Crippen LogP contribution < -0.4 is 0 Å². The van der Waals surface area contributed by atoms with Crippen LogP contribution in [0.3, 0.4) is 0 Å². The Morgan fingerprint density at radius 2 is 0.714 bits per heavy atom. The van der Waals surface area contributed by atoms with E-state index in [1.807, 2.05) is 0 Å². The molecular weight excluding hydrogens is 673 g/mol. The Morgan fingerprint density at radius 1 is 0.250 bits per heavy atom. The van der Waals surface area contributed by atoms with E-state index in [0.717, 1.165) is 0 Å². The van der Waals surface area contributed by atoms with Crippen molar-refractivity contribution in [1.82, 2.24) is 0 Å². The van der Waals surface area contributed by atoms with Gasteiger partial charge in [-0.25, -0.2) is 0 Å². The Hall–Kier alpha value is -6.50. The second kappa shape index (κ2) is 12.0. The normalized spacial score (nSPS) is 14.4. The molecule has 9 aromatic carbocycles. The molecule has 0 aliphatic heterocycles. The number of benzene rings is 9. The first-order valence-corrected chi connectivity index (χ1v) is 19.9. The SMILES string of the molecule is CC1(C)c2ccccc2-c2cc(-c3c4ccccc4c(-c4cccc(-c5ccc6c(c5)C(C)(C)c5ccccc5-6)c4)c4ccc(-c5ccccc5)cc34)ccc21. The molecule has 0 heteroatoms. The van der Waals surface area contributed by atoms with Crippen LogP contribution in [0.4, 0.5) is 0 Å². The summed E-state index contributed by atoms with van der Waals surface area (Å²) >= 11 is 0. The lowest BCUT2D eigenvalue weighted by atomic mass is 9.81. The van der Waals surface area contributed by atoms with Crippen LogP contribution in [0.25, 0.3) is 88.3 Å². The lowest BCUT2D eigenvalue weighted by Gasteiger charge is -2.22. The van der Waals surface area contributed by atoms with Gasteiger partial charge in [-0.3, -0.25) is 0 Å². The average Bonchev–Trinajstić information content (AvgIpc) is 3.61. The Bertz CT molecular complexity index is 3060. The zero-order valence-corrected chi connectivity index (χ0v) is 32.3. The highest BCUT2D eigenvalue weighted by Gasteiger charge is 2.36. The van der Waals surface area contributed by atoms with E-state index in [1.165, 1.54) is 111 Å². The second-order valence-corrected chi connectivity index (χ2v) is 16.9. The van der Waals surface area contributed by atoms with E-state index in [9.17, 15) is 0 Å². The Labute approximate surface area is 329 Å². The molecule has 0 aromatic heterocycles. The number of fused-ring (bicyclic) bond motifs is 8. The lowest BCUT2D eigenvalue weighted by Crippen LogP contribution is -2.14. The fraction of sp³-hybridized carbons (Fsp3) is 0.107. The van der Waals surface area contributed by atoms with Crippen LogP contribution in [0.2, 0.25) is 0 Å². The fourth-order valence-electron chi connectivity index (χ4n) is 10.2. The maximum absolute atomic E-state index is 2.47. The lowest BCUT2D eigenvalue weighted by molar-refractivity contribution is 0.660. The van der Waals surface area contributed by atoms with Crippen molar-refractivity contribution in [3.63, 3.8) is 0 Å². The van der Waals surface area contributed by atoms with Gasteiger partial charge in [-0.05, 0) is 135 Å². The molecule has 266 valence electrons. The monoisotopic (exact) mass is 714 g/mol. The van der Waals surface area contributed by atoms with Crippen molar-refractivity contribution < 1.29 is 0 Å². The highest BCUT2D eigenvalue weighted by Crippen LogP contribution is 2.53. The summed E-state index contributed by atoms with van der Waals surface area (Å²) in [6.07, 6.45) is 0. The minimum atomic E-state index is -0.0480. The van der Waals surface area contributed by atoms with Gasteiger partial charge in [0.1, 0.15) is 0 Å². The minimum absolute atomic E-state index is 0.0392. The molecule has 0 radical (unpaired) electrons. The van der Waals surface area contributed by atoms with E-state index in [4.69, 9.17) is 0 Å². The first-order valence-electron chi connectivity index (χ1n) is 19.9. The van der Waals surface area contributed by atoms with Crippen molar-refractivity contribution in [2.24, 2.45) is 0 Å². The second-order valence-electron chi connectivity index (χ2n) is 16.9. The third kappa shape index (κ3) is 4.72. The van der Waals surface area contributed by atoms with Gasteiger partial charge in [0.2, 0.25) is 0 Å². The molecule has 0 N–H and O–H groups in total. The van der Waals surface area contributed by atoms with Gasteiger partial charge in [-0.1, -0.05) is 185 Å². The highest BCUT2D eigenvalue weighted by molar-refractivity contribution is 6.22. The molecule has 2 aliphatic carbocycles. The third-order valence-electron chi connectivity index (χ3n) is 13.1. The highest BCUT2D eigenvalue weighted by atomic mass is 14.4. The van der Waals surface area contributed by atoms with E-state index < -0.39 is 0 Å². The third-order valence-corrected chi connectivity index (χ3v) is 13.1. The zero-order chi connectivity index (χ0) is 37.8. The number of hydrogen-bond acceptors (Lipinski definition) is 0. The van der Waals surface area contributed by atoms with E-state index in [1.54, 1.807) is 0 Å². The van der Waals surface area contributed by atoms with E-state index >= 15 is 0 Å². The molecule has 0 spiro atoms. The predicted molar refractivity (Wildman–Crippen MR) is 238 cm³/mol. The number of hydrogen-bond donors (Lipinski definition) is 0. The van der Waals surface area contributed by atoms with Gasteiger partial charge >= 0.3 is 0 Å². The molecule has 0 unspecified atom stereocenters. The largest absolute Gasteiger partial charge is 0.0622 e. The molecule has 0 saturated heterocycles. The van der Waals surface area contributed by atoms with Crippen molar-refractivity contribution in [2.75, 3.05) is 0 Å². The first-order chi connectivity index (χ1) is 27.3. The van der Waals surface area contributed by atoms with Gasteiger partial charge in [-0.15, -0.1) is 0 Å². The molecule has 0 fully saturated rings. The van der Waals surface area contributed by atoms with Crippen LogP contribution in [-0.2, 0) is 10.8 Å². The molecule has 0 bridgehead atoms. The molecule has 2 aliphatic rings. The quantitative estimate of drug-likeness (QED) is 0.159.